The lowest BCUT2D eigenvalue weighted by Crippen LogP contribution is -2.18. The van der Waals surface area contributed by atoms with E-state index in [4.69, 9.17) is 10.4 Å². The van der Waals surface area contributed by atoms with Crippen molar-refractivity contribution in [3.05, 3.63) is 46.8 Å². The Morgan fingerprint density at radius 2 is 1.69 bits per heavy atom. The molecule has 1 aromatic heterocycles. The summed E-state index contributed by atoms with van der Waals surface area (Å²) in [7, 11) is 0. The fourth-order valence-electron chi connectivity index (χ4n) is 2.46. The predicted molar refractivity (Wildman–Crippen MR) is 99.1 cm³/mol. The lowest BCUT2D eigenvalue weighted by atomic mass is 10.1. The van der Waals surface area contributed by atoms with Gasteiger partial charge in [-0.2, -0.15) is 0 Å². The molecule has 8 heteroatoms. The van der Waals surface area contributed by atoms with Gasteiger partial charge in [0.05, 0.1) is 4.88 Å². The maximum absolute atomic E-state index is 11.4. The fourth-order valence-corrected chi connectivity index (χ4v) is 3.36. The molecule has 1 heterocycles. The van der Waals surface area contributed by atoms with Crippen LogP contribution < -0.4 is 16.3 Å². The first-order valence-electron chi connectivity index (χ1n) is 8.41. The number of carbonyl (C=O) groups is 2. The van der Waals surface area contributed by atoms with Gasteiger partial charge in [0.1, 0.15) is 0 Å². The summed E-state index contributed by atoms with van der Waals surface area (Å²) in [5, 5.41) is 20.4. The molecule has 0 aliphatic carbocycles. The first-order valence-corrected chi connectivity index (χ1v) is 9.23. The summed E-state index contributed by atoms with van der Waals surface area (Å²) in [6, 6.07) is 11.7. The second kappa shape index (κ2) is 10.7. The van der Waals surface area contributed by atoms with E-state index >= 15 is 0 Å². The van der Waals surface area contributed by atoms with E-state index in [1.165, 1.54) is 16.9 Å². The summed E-state index contributed by atoms with van der Waals surface area (Å²) in [5.74, 6) is -0.841. The van der Waals surface area contributed by atoms with Crippen LogP contribution in [0.25, 0.3) is 10.4 Å². The number of amides is 2. The van der Waals surface area contributed by atoms with Crippen LogP contribution in [0.2, 0.25) is 0 Å². The molecule has 0 fully saturated rings. The zero-order valence-corrected chi connectivity index (χ0v) is 15.1. The third kappa shape index (κ3) is 6.23. The van der Waals surface area contributed by atoms with Crippen LogP contribution >= 0.6 is 11.3 Å². The zero-order chi connectivity index (χ0) is 18.8. The Kier molecular flexibility index (Phi) is 8.23. The monoisotopic (exact) mass is 377 g/mol. The molecule has 0 unspecified atom stereocenters. The summed E-state index contributed by atoms with van der Waals surface area (Å²) < 4.78 is 0. The molecule has 0 aliphatic rings. The van der Waals surface area contributed by atoms with Crippen molar-refractivity contribution in [2.45, 2.75) is 32.2 Å². The standard InChI is InChI=1S/C18H23N3O4S/c22-17(20-24)4-2-1-3-11-19-12-13-5-7-14(8-6-13)15-9-10-16(26-15)18(23)21-25/h5-10,19,24-25H,1-4,11-12H2,(H,20,22)(H,21,23). The highest BCUT2D eigenvalue weighted by molar-refractivity contribution is 7.17. The fraction of sp³-hybridized carbons (Fsp3) is 0.333. The van der Waals surface area contributed by atoms with E-state index in [9.17, 15) is 9.59 Å². The Bertz CT molecular complexity index is 715. The minimum atomic E-state index is -0.501. The van der Waals surface area contributed by atoms with Gasteiger partial charge in [0.25, 0.3) is 5.91 Å². The van der Waals surface area contributed by atoms with Crippen molar-refractivity contribution in [3.8, 4) is 10.4 Å². The van der Waals surface area contributed by atoms with Gasteiger partial charge in [-0.15, -0.1) is 11.3 Å². The Balaban J connectivity index is 1.71. The van der Waals surface area contributed by atoms with Gasteiger partial charge < -0.3 is 5.32 Å². The Labute approximate surface area is 156 Å². The molecule has 0 radical (unpaired) electrons. The van der Waals surface area contributed by atoms with Crippen molar-refractivity contribution >= 4 is 23.2 Å². The molecule has 26 heavy (non-hydrogen) atoms. The predicted octanol–water partition coefficient (Wildman–Crippen LogP) is 2.69. The summed E-state index contributed by atoms with van der Waals surface area (Å²) in [5.41, 5.74) is 5.46. The maximum Gasteiger partial charge on any atom is 0.284 e. The van der Waals surface area contributed by atoms with Gasteiger partial charge in [0.2, 0.25) is 5.91 Å². The lowest BCUT2D eigenvalue weighted by Gasteiger charge is -2.06. The smallest absolute Gasteiger partial charge is 0.284 e. The highest BCUT2D eigenvalue weighted by atomic mass is 32.1. The van der Waals surface area contributed by atoms with Crippen LogP contribution in [0.5, 0.6) is 0 Å². The summed E-state index contributed by atoms with van der Waals surface area (Å²) in [6.45, 7) is 1.63. The minimum absolute atomic E-state index is 0.340. The molecule has 5 N–H and O–H groups in total. The van der Waals surface area contributed by atoms with E-state index in [1.807, 2.05) is 30.3 Å². The largest absolute Gasteiger partial charge is 0.313 e. The van der Waals surface area contributed by atoms with Gasteiger partial charge in [0, 0.05) is 17.8 Å². The van der Waals surface area contributed by atoms with Crippen molar-refractivity contribution in [1.82, 2.24) is 16.3 Å². The van der Waals surface area contributed by atoms with Crippen LogP contribution in [0.3, 0.4) is 0 Å². The van der Waals surface area contributed by atoms with Gasteiger partial charge in [0.15, 0.2) is 0 Å². The number of carbonyl (C=O) groups excluding carboxylic acids is 2. The van der Waals surface area contributed by atoms with Crippen LogP contribution in [-0.4, -0.2) is 28.8 Å². The molecule has 7 nitrogen and oxygen atoms in total. The van der Waals surface area contributed by atoms with E-state index in [0.717, 1.165) is 42.8 Å². The van der Waals surface area contributed by atoms with E-state index in [0.29, 0.717) is 11.3 Å². The van der Waals surface area contributed by atoms with Crippen LogP contribution in [0.4, 0.5) is 0 Å². The normalized spacial score (nSPS) is 10.5. The van der Waals surface area contributed by atoms with E-state index < -0.39 is 5.91 Å². The van der Waals surface area contributed by atoms with Crippen LogP contribution in [0.1, 0.15) is 40.9 Å². The second-order valence-corrected chi connectivity index (χ2v) is 6.91. The summed E-state index contributed by atoms with van der Waals surface area (Å²) >= 11 is 1.33. The van der Waals surface area contributed by atoms with Crippen molar-refractivity contribution in [1.29, 1.82) is 0 Å². The number of unbranched alkanes of at least 4 members (excludes halogenated alkanes) is 2. The van der Waals surface area contributed by atoms with Gasteiger partial charge in [-0.25, -0.2) is 11.0 Å². The van der Waals surface area contributed by atoms with Crippen LogP contribution in [0.15, 0.2) is 36.4 Å². The maximum atomic E-state index is 11.4. The Hall–Kier alpha value is -2.26. The van der Waals surface area contributed by atoms with Gasteiger partial charge in [-0.3, -0.25) is 20.0 Å². The average Bonchev–Trinajstić information content (AvgIpc) is 3.17. The quantitative estimate of drug-likeness (QED) is 0.248. The number of thiophene rings is 1. The van der Waals surface area contributed by atoms with E-state index in [-0.39, 0.29) is 5.91 Å². The molecule has 0 aliphatic heterocycles. The van der Waals surface area contributed by atoms with Crippen LogP contribution in [-0.2, 0) is 11.3 Å². The van der Waals surface area contributed by atoms with Crippen molar-refractivity contribution in [2.24, 2.45) is 0 Å². The number of nitrogens with one attached hydrogen (secondary N) is 3. The Morgan fingerprint density at radius 3 is 2.38 bits per heavy atom. The minimum Gasteiger partial charge on any atom is -0.313 e. The molecule has 0 saturated carbocycles. The molecule has 0 spiro atoms. The van der Waals surface area contributed by atoms with Crippen molar-refractivity contribution < 1.29 is 20.0 Å². The van der Waals surface area contributed by atoms with Crippen molar-refractivity contribution in [3.63, 3.8) is 0 Å². The van der Waals surface area contributed by atoms with Gasteiger partial charge in [-0.1, -0.05) is 30.7 Å². The first kappa shape index (κ1) is 20.1. The van der Waals surface area contributed by atoms with E-state index in [1.54, 1.807) is 17.0 Å². The Morgan fingerprint density at radius 1 is 0.923 bits per heavy atom. The average molecular weight is 377 g/mol. The number of benzene rings is 1. The third-order valence-corrected chi connectivity index (χ3v) is 5.01. The van der Waals surface area contributed by atoms with Crippen LogP contribution in [0, 0.1) is 0 Å². The lowest BCUT2D eigenvalue weighted by molar-refractivity contribution is -0.129. The number of hydroxylamine groups is 2. The first-order chi connectivity index (χ1) is 12.6. The molecule has 0 bridgehead atoms. The topological polar surface area (TPSA) is 111 Å². The molecule has 0 atom stereocenters. The van der Waals surface area contributed by atoms with Gasteiger partial charge >= 0.3 is 0 Å². The molecule has 2 amide bonds. The van der Waals surface area contributed by atoms with Gasteiger partial charge in [-0.05, 0) is 42.6 Å². The molecule has 2 aromatic rings. The number of hydrogen-bond acceptors (Lipinski definition) is 6. The molecule has 1 aromatic carbocycles. The number of rotatable bonds is 10. The molecule has 2 rings (SSSR count). The highest BCUT2D eigenvalue weighted by Gasteiger charge is 2.09. The highest BCUT2D eigenvalue weighted by Crippen LogP contribution is 2.28. The number of hydrogen-bond donors (Lipinski definition) is 5. The summed E-state index contributed by atoms with van der Waals surface area (Å²) in [6.07, 6.45) is 3.02. The third-order valence-electron chi connectivity index (χ3n) is 3.88. The zero-order valence-electron chi connectivity index (χ0n) is 14.3. The molecular formula is C18H23N3O4S. The van der Waals surface area contributed by atoms with E-state index in [2.05, 4.69) is 5.32 Å². The second-order valence-electron chi connectivity index (χ2n) is 5.82. The summed E-state index contributed by atoms with van der Waals surface area (Å²) in [4.78, 5) is 23.7. The molecule has 0 saturated heterocycles. The van der Waals surface area contributed by atoms with Crippen molar-refractivity contribution in [2.75, 3.05) is 6.54 Å². The molecule has 140 valence electrons. The SMILES string of the molecule is O=C(CCCCCNCc1ccc(-c2ccc(C(=O)NO)s2)cc1)NO. The molecular weight excluding hydrogens is 354 g/mol.